The maximum atomic E-state index is 13.2. The number of hydrogen-bond donors (Lipinski definition) is 2. The molecule has 4 nitrogen and oxygen atoms in total. The second-order valence-electron chi connectivity index (χ2n) is 4.07. The van der Waals surface area contributed by atoms with E-state index < -0.39 is 0 Å². The zero-order valence-corrected chi connectivity index (χ0v) is 10.7. The van der Waals surface area contributed by atoms with Gasteiger partial charge in [0.1, 0.15) is 11.6 Å². The van der Waals surface area contributed by atoms with Crippen LogP contribution in [0.2, 0.25) is 0 Å². The van der Waals surface area contributed by atoms with Crippen LogP contribution in [0.15, 0.2) is 18.2 Å². The van der Waals surface area contributed by atoms with Gasteiger partial charge in [-0.05, 0) is 38.1 Å². The van der Waals surface area contributed by atoms with E-state index in [0.717, 1.165) is 0 Å². The number of nitrogens with one attached hydrogen (secondary N) is 1. The molecule has 0 aliphatic heterocycles. The summed E-state index contributed by atoms with van der Waals surface area (Å²) in [5.74, 6) is 0.108. The lowest BCUT2D eigenvalue weighted by atomic mass is 10.1. The van der Waals surface area contributed by atoms with E-state index in [-0.39, 0.29) is 17.8 Å². The summed E-state index contributed by atoms with van der Waals surface area (Å²) >= 11 is 0. The maximum Gasteiger partial charge on any atom is 0.220 e. The van der Waals surface area contributed by atoms with Gasteiger partial charge in [0.25, 0.3) is 0 Å². The monoisotopic (exact) mass is 254 g/mol. The van der Waals surface area contributed by atoms with E-state index in [0.29, 0.717) is 30.7 Å². The van der Waals surface area contributed by atoms with Gasteiger partial charge in [-0.2, -0.15) is 0 Å². The smallest absolute Gasteiger partial charge is 0.220 e. The molecule has 0 aromatic heterocycles. The molecule has 1 unspecified atom stereocenters. The second-order valence-corrected chi connectivity index (χ2v) is 4.07. The Morgan fingerprint density at radius 3 is 2.89 bits per heavy atom. The number of benzene rings is 1. The van der Waals surface area contributed by atoms with Gasteiger partial charge < -0.3 is 15.8 Å². The Hall–Kier alpha value is -1.62. The Balaban J connectivity index is 2.73. The van der Waals surface area contributed by atoms with Crippen LogP contribution in [0.1, 0.15) is 31.4 Å². The van der Waals surface area contributed by atoms with E-state index in [1.807, 2.05) is 0 Å². The lowest BCUT2D eigenvalue weighted by molar-refractivity contribution is -0.121. The van der Waals surface area contributed by atoms with Crippen molar-refractivity contribution in [2.24, 2.45) is 5.73 Å². The van der Waals surface area contributed by atoms with E-state index in [4.69, 9.17) is 10.5 Å². The summed E-state index contributed by atoms with van der Waals surface area (Å²) in [4.78, 5) is 11.6. The lowest BCUT2D eigenvalue weighted by Gasteiger charge is -2.17. The molecule has 0 aliphatic carbocycles. The average molecular weight is 254 g/mol. The van der Waals surface area contributed by atoms with Gasteiger partial charge >= 0.3 is 0 Å². The fourth-order valence-electron chi connectivity index (χ4n) is 1.70. The number of carbonyl (C=O) groups excluding carboxylic acids is 1. The summed E-state index contributed by atoms with van der Waals surface area (Å²) in [6.45, 7) is 2.27. The molecule has 1 rings (SSSR count). The first-order chi connectivity index (χ1) is 8.58. The normalized spacial score (nSPS) is 12.0. The van der Waals surface area contributed by atoms with Gasteiger partial charge in [-0.15, -0.1) is 0 Å². The highest BCUT2D eigenvalue weighted by atomic mass is 19.1. The SMILES string of the molecule is COc1ccc(F)cc1C(C)NC(=O)CCCN. The molecule has 1 aromatic rings. The zero-order chi connectivity index (χ0) is 13.5. The standard InChI is InChI=1S/C13H19FN2O2/c1-9(16-13(17)4-3-7-15)11-8-10(14)5-6-12(11)18-2/h5-6,8-9H,3-4,7,15H2,1-2H3,(H,16,17). The molecular formula is C13H19FN2O2. The van der Waals surface area contributed by atoms with E-state index in [1.54, 1.807) is 13.0 Å². The van der Waals surface area contributed by atoms with Crippen molar-refractivity contribution in [3.63, 3.8) is 0 Å². The molecule has 18 heavy (non-hydrogen) atoms. The largest absolute Gasteiger partial charge is 0.496 e. The van der Waals surface area contributed by atoms with Crippen molar-refractivity contribution in [2.75, 3.05) is 13.7 Å². The Morgan fingerprint density at radius 2 is 2.28 bits per heavy atom. The number of nitrogens with two attached hydrogens (primary N) is 1. The van der Waals surface area contributed by atoms with Crippen molar-refractivity contribution < 1.29 is 13.9 Å². The van der Waals surface area contributed by atoms with Crippen LogP contribution in [0.5, 0.6) is 5.75 Å². The van der Waals surface area contributed by atoms with Crippen LogP contribution in [0.3, 0.4) is 0 Å². The van der Waals surface area contributed by atoms with Crippen molar-refractivity contribution in [1.29, 1.82) is 0 Å². The van der Waals surface area contributed by atoms with Crippen LogP contribution >= 0.6 is 0 Å². The minimum absolute atomic E-state index is 0.0979. The van der Waals surface area contributed by atoms with Gasteiger partial charge in [0.05, 0.1) is 13.2 Å². The molecule has 0 bridgehead atoms. The highest BCUT2D eigenvalue weighted by molar-refractivity contribution is 5.76. The van der Waals surface area contributed by atoms with Crippen molar-refractivity contribution in [3.05, 3.63) is 29.6 Å². The second kappa shape index (κ2) is 6.96. The van der Waals surface area contributed by atoms with Crippen LogP contribution in [-0.2, 0) is 4.79 Å². The molecule has 0 saturated carbocycles. The number of hydrogen-bond acceptors (Lipinski definition) is 3. The predicted molar refractivity (Wildman–Crippen MR) is 67.8 cm³/mol. The molecule has 0 heterocycles. The number of ether oxygens (including phenoxy) is 1. The van der Waals surface area contributed by atoms with E-state index in [9.17, 15) is 9.18 Å². The predicted octanol–water partition coefficient (Wildman–Crippen LogP) is 1.75. The molecule has 0 spiro atoms. The quantitative estimate of drug-likeness (QED) is 0.813. The topological polar surface area (TPSA) is 64.3 Å². The summed E-state index contributed by atoms with van der Waals surface area (Å²) in [6, 6.07) is 3.94. The summed E-state index contributed by atoms with van der Waals surface area (Å²) in [6.07, 6.45) is 1.01. The third-order valence-electron chi connectivity index (χ3n) is 2.64. The first kappa shape index (κ1) is 14.4. The first-order valence-corrected chi connectivity index (χ1v) is 5.91. The minimum Gasteiger partial charge on any atom is -0.496 e. The highest BCUT2D eigenvalue weighted by Gasteiger charge is 2.14. The van der Waals surface area contributed by atoms with Crippen molar-refractivity contribution in [1.82, 2.24) is 5.32 Å². The van der Waals surface area contributed by atoms with Gasteiger partial charge in [-0.3, -0.25) is 4.79 Å². The summed E-state index contributed by atoms with van der Waals surface area (Å²) < 4.78 is 18.3. The number of halogens is 1. The van der Waals surface area contributed by atoms with E-state index in [2.05, 4.69) is 5.32 Å². The molecule has 1 atom stereocenters. The summed E-state index contributed by atoms with van der Waals surface area (Å²) in [7, 11) is 1.51. The molecule has 0 aliphatic rings. The molecule has 5 heteroatoms. The first-order valence-electron chi connectivity index (χ1n) is 5.91. The van der Waals surface area contributed by atoms with Gasteiger partial charge in [0, 0.05) is 12.0 Å². The van der Waals surface area contributed by atoms with E-state index in [1.165, 1.54) is 19.2 Å². The fourth-order valence-corrected chi connectivity index (χ4v) is 1.70. The number of carbonyl (C=O) groups is 1. The van der Waals surface area contributed by atoms with Crippen LogP contribution in [-0.4, -0.2) is 19.6 Å². The third-order valence-corrected chi connectivity index (χ3v) is 2.64. The third kappa shape index (κ3) is 4.00. The molecule has 0 radical (unpaired) electrons. The molecule has 3 N–H and O–H groups in total. The fraction of sp³-hybridized carbons (Fsp3) is 0.462. The average Bonchev–Trinajstić information content (AvgIpc) is 2.36. The summed E-state index contributed by atoms with van der Waals surface area (Å²) in [5.41, 5.74) is 5.96. The molecule has 1 amide bonds. The summed E-state index contributed by atoms with van der Waals surface area (Å²) in [5, 5.41) is 2.79. The van der Waals surface area contributed by atoms with Gasteiger partial charge in [-0.1, -0.05) is 0 Å². The Labute approximate surface area is 106 Å². The van der Waals surface area contributed by atoms with Crippen LogP contribution < -0.4 is 15.8 Å². The van der Waals surface area contributed by atoms with Gasteiger partial charge in [0.15, 0.2) is 0 Å². The van der Waals surface area contributed by atoms with Gasteiger partial charge in [-0.25, -0.2) is 4.39 Å². The van der Waals surface area contributed by atoms with Crippen molar-refractivity contribution in [3.8, 4) is 5.75 Å². The highest BCUT2D eigenvalue weighted by Crippen LogP contribution is 2.25. The Kier molecular flexibility index (Phi) is 5.58. The molecule has 1 aromatic carbocycles. The minimum atomic E-state index is -0.353. The number of amides is 1. The Morgan fingerprint density at radius 1 is 1.56 bits per heavy atom. The van der Waals surface area contributed by atoms with Gasteiger partial charge in [0.2, 0.25) is 5.91 Å². The maximum absolute atomic E-state index is 13.2. The molecular weight excluding hydrogens is 235 g/mol. The molecule has 100 valence electrons. The Bertz CT molecular complexity index is 410. The molecule has 0 saturated heterocycles. The van der Waals surface area contributed by atoms with Crippen molar-refractivity contribution in [2.45, 2.75) is 25.8 Å². The van der Waals surface area contributed by atoms with E-state index >= 15 is 0 Å². The van der Waals surface area contributed by atoms with Crippen molar-refractivity contribution >= 4 is 5.91 Å². The zero-order valence-electron chi connectivity index (χ0n) is 10.7. The van der Waals surface area contributed by atoms with Crippen LogP contribution in [0.4, 0.5) is 4.39 Å². The number of rotatable bonds is 6. The molecule has 0 fully saturated rings. The van der Waals surface area contributed by atoms with Crippen LogP contribution in [0, 0.1) is 5.82 Å². The number of methoxy groups -OCH3 is 1. The van der Waals surface area contributed by atoms with Crippen LogP contribution in [0.25, 0.3) is 0 Å². The lowest BCUT2D eigenvalue weighted by Crippen LogP contribution is -2.27.